The SMILES string of the molecule is CC(C)C[C@@H](NC(=O)[C@H](O)[C@@H](N)Cc1ccccc1)C(=O)C(C)(C)C. The summed E-state index contributed by atoms with van der Waals surface area (Å²) in [5.41, 5.74) is 6.38. The van der Waals surface area contributed by atoms with Crippen LogP contribution in [-0.2, 0) is 16.0 Å². The van der Waals surface area contributed by atoms with Crippen molar-refractivity contribution >= 4 is 11.7 Å². The number of carbonyl (C=O) groups excluding carboxylic acids is 2. The number of Topliss-reactive ketones (excluding diaryl/α,β-unsaturated/α-hetero) is 1. The lowest BCUT2D eigenvalue weighted by molar-refractivity contribution is -0.137. The van der Waals surface area contributed by atoms with Crippen LogP contribution in [0.2, 0.25) is 0 Å². The molecule has 0 aliphatic carbocycles. The smallest absolute Gasteiger partial charge is 0.251 e. The second-order valence-electron chi connectivity index (χ2n) is 8.10. The predicted molar refractivity (Wildman–Crippen MR) is 100.0 cm³/mol. The van der Waals surface area contributed by atoms with E-state index in [1.807, 2.05) is 65.0 Å². The van der Waals surface area contributed by atoms with Gasteiger partial charge in [0.25, 0.3) is 5.91 Å². The van der Waals surface area contributed by atoms with Gasteiger partial charge >= 0.3 is 0 Å². The fraction of sp³-hybridized carbons (Fsp3) is 0.600. The van der Waals surface area contributed by atoms with Gasteiger partial charge in [-0.1, -0.05) is 65.0 Å². The van der Waals surface area contributed by atoms with Gasteiger partial charge in [-0.2, -0.15) is 0 Å². The number of amides is 1. The molecule has 4 N–H and O–H groups in total. The highest BCUT2D eigenvalue weighted by Crippen LogP contribution is 2.20. The molecule has 0 heterocycles. The monoisotopic (exact) mass is 348 g/mol. The summed E-state index contributed by atoms with van der Waals surface area (Å²) in [4.78, 5) is 25.0. The van der Waals surface area contributed by atoms with Gasteiger partial charge in [-0.05, 0) is 24.3 Å². The summed E-state index contributed by atoms with van der Waals surface area (Å²) in [7, 11) is 0. The molecular formula is C20H32N2O3. The van der Waals surface area contributed by atoms with Crippen LogP contribution in [0.4, 0.5) is 0 Å². The summed E-state index contributed by atoms with van der Waals surface area (Å²) in [6, 6.07) is 8.11. The van der Waals surface area contributed by atoms with Gasteiger partial charge in [-0.3, -0.25) is 9.59 Å². The molecule has 0 radical (unpaired) electrons. The lowest BCUT2D eigenvalue weighted by Gasteiger charge is -2.28. The van der Waals surface area contributed by atoms with Gasteiger partial charge in [0.05, 0.1) is 6.04 Å². The van der Waals surface area contributed by atoms with Gasteiger partial charge in [-0.15, -0.1) is 0 Å². The number of benzene rings is 1. The van der Waals surface area contributed by atoms with Gasteiger partial charge < -0.3 is 16.2 Å². The van der Waals surface area contributed by atoms with Crippen molar-refractivity contribution in [2.45, 2.75) is 65.6 Å². The molecule has 0 aliphatic rings. The number of hydrogen-bond donors (Lipinski definition) is 3. The molecule has 1 rings (SSSR count). The van der Waals surface area contributed by atoms with Crippen LogP contribution in [0, 0.1) is 11.3 Å². The maximum Gasteiger partial charge on any atom is 0.251 e. The molecule has 0 fully saturated rings. The average molecular weight is 348 g/mol. The number of carbonyl (C=O) groups is 2. The van der Waals surface area contributed by atoms with E-state index in [-0.39, 0.29) is 11.7 Å². The molecule has 1 amide bonds. The van der Waals surface area contributed by atoms with Crippen molar-refractivity contribution < 1.29 is 14.7 Å². The summed E-state index contributed by atoms with van der Waals surface area (Å²) in [5, 5.41) is 13.0. The molecule has 0 bridgehead atoms. The number of hydrogen-bond acceptors (Lipinski definition) is 4. The van der Waals surface area contributed by atoms with Crippen LogP contribution in [0.1, 0.15) is 46.6 Å². The highest BCUT2D eigenvalue weighted by molar-refractivity contribution is 5.93. The molecule has 0 saturated heterocycles. The average Bonchev–Trinajstić information content (AvgIpc) is 2.52. The lowest BCUT2D eigenvalue weighted by Crippen LogP contribution is -2.53. The first-order valence-corrected chi connectivity index (χ1v) is 8.84. The third kappa shape index (κ3) is 6.96. The van der Waals surface area contributed by atoms with Gasteiger partial charge in [0.1, 0.15) is 6.10 Å². The Morgan fingerprint density at radius 3 is 2.20 bits per heavy atom. The molecule has 5 heteroatoms. The van der Waals surface area contributed by atoms with Crippen LogP contribution in [0.15, 0.2) is 30.3 Å². The lowest BCUT2D eigenvalue weighted by atomic mass is 9.83. The second kappa shape index (κ2) is 9.11. The third-order valence-electron chi connectivity index (χ3n) is 4.07. The van der Waals surface area contributed by atoms with E-state index in [0.717, 1.165) is 5.56 Å². The molecule has 0 aromatic heterocycles. The Kier molecular flexibility index (Phi) is 7.77. The van der Waals surface area contributed by atoms with E-state index in [2.05, 4.69) is 5.32 Å². The predicted octanol–water partition coefficient (Wildman–Crippen LogP) is 2.06. The highest BCUT2D eigenvalue weighted by Gasteiger charge is 2.33. The molecule has 1 aromatic carbocycles. The van der Waals surface area contributed by atoms with Crippen LogP contribution in [0.25, 0.3) is 0 Å². The van der Waals surface area contributed by atoms with E-state index >= 15 is 0 Å². The topological polar surface area (TPSA) is 92.4 Å². The molecule has 0 saturated carbocycles. The summed E-state index contributed by atoms with van der Waals surface area (Å²) >= 11 is 0. The van der Waals surface area contributed by atoms with Crippen molar-refractivity contribution in [2.24, 2.45) is 17.1 Å². The van der Waals surface area contributed by atoms with Crippen molar-refractivity contribution in [3.63, 3.8) is 0 Å². The zero-order valence-corrected chi connectivity index (χ0v) is 16.0. The molecule has 3 atom stereocenters. The first-order chi connectivity index (χ1) is 11.5. The second-order valence-corrected chi connectivity index (χ2v) is 8.10. The number of aliphatic hydroxyl groups excluding tert-OH is 1. The summed E-state index contributed by atoms with van der Waals surface area (Å²) in [5.74, 6) is -0.392. The van der Waals surface area contributed by atoms with Crippen molar-refractivity contribution in [3.05, 3.63) is 35.9 Å². The number of aliphatic hydroxyl groups is 1. The Bertz CT molecular complexity index is 564. The third-order valence-corrected chi connectivity index (χ3v) is 4.07. The van der Waals surface area contributed by atoms with E-state index in [0.29, 0.717) is 12.8 Å². The minimum Gasteiger partial charge on any atom is -0.382 e. The minimum absolute atomic E-state index is 0.0432. The van der Waals surface area contributed by atoms with Gasteiger partial charge in [0.2, 0.25) is 0 Å². The van der Waals surface area contributed by atoms with E-state index in [4.69, 9.17) is 5.73 Å². The zero-order chi connectivity index (χ0) is 19.2. The Morgan fingerprint density at radius 2 is 1.72 bits per heavy atom. The number of nitrogens with one attached hydrogen (secondary N) is 1. The number of rotatable bonds is 8. The van der Waals surface area contributed by atoms with Crippen molar-refractivity contribution in [1.29, 1.82) is 0 Å². The molecule has 0 unspecified atom stereocenters. The van der Waals surface area contributed by atoms with Crippen molar-refractivity contribution in [3.8, 4) is 0 Å². The standard InChI is InChI=1S/C20H32N2O3/c1-13(2)11-16(18(24)20(3,4)5)22-19(25)17(23)15(21)12-14-9-7-6-8-10-14/h6-10,13,15-17,23H,11-12,21H2,1-5H3,(H,22,25)/t15-,16+,17+/m0/s1. The quantitative estimate of drug-likeness (QED) is 0.670. The Hall–Kier alpha value is -1.72. The van der Waals surface area contributed by atoms with Crippen molar-refractivity contribution in [2.75, 3.05) is 0 Å². The van der Waals surface area contributed by atoms with Crippen LogP contribution >= 0.6 is 0 Å². The molecule has 25 heavy (non-hydrogen) atoms. The summed E-state index contributed by atoms with van der Waals surface area (Å²) in [6.45, 7) is 9.46. The van der Waals surface area contributed by atoms with Crippen LogP contribution in [0.5, 0.6) is 0 Å². The van der Waals surface area contributed by atoms with Gasteiger partial charge in [0.15, 0.2) is 5.78 Å². The zero-order valence-electron chi connectivity index (χ0n) is 16.0. The minimum atomic E-state index is -1.36. The van der Waals surface area contributed by atoms with Crippen LogP contribution < -0.4 is 11.1 Å². The van der Waals surface area contributed by atoms with E-state index < -0.39 is 29.5 Å². The van der Waals surface area contributed by atoms with E-state index in [1.54, 1.807) is 0 Å². The molecule has 0 aliphatic heterocycles. The van der Waals surface area contributed by atoms with E-state index in [1.165, 1.54) is 0 Å². The number of nitrogens with two attached hydrogens (primary N) is 1. The van der Waals surface area contributed by atoms with Gasteiger partial charge in [0, 0.05) is 11.5 Å². The van der Waals surface area contributed by atoms with Gasteiger partial charge in [-0.25, -0.2) is 0 Å². The largest absolute Gasteiger partial charge is 0.382 e. The maximum atomic E-state index is 12.6. The first-order valence-electron chi connectivity index (χ1n) is 8.84. The normalized spacial score (nSPS) is 15.5. The number of ketones is 1. The van der Waals surface area contributed by atoms with Crippen LogP contribution in [0.3, 0.4) is 0 Å². The van der Waals surface area contributed by atoms with E-state index in [9.17, 15) is 14.7 Å². The summed E-state index contributed by atoms with van der Waals surface area (Å²) in [6.07, 6.45) is -0.442. The molecule has 5 nitrogen and oxygen atoms in total. The van der Waals surface area contributed by atoms with Crippen LogP contribution in [-0.4, -0.2) is 35.0 Å². The fourth-order valence-electron chi connectivity index (χ4n) is 2.68. The van der Waals surface area contributed by atoms with Crippen molar-refractivity contribution in [1.82, 2.24) is 5.32 Å². The summed E-state index contributed by atoms with van der Waals surface area (Å²) < 4.78 is 0. The Labute approximate surface area is 151 Å². The Balaban J connectivity index is 2.76. The first kappa shape index (κ1) is 21.3. The maximum absolute atomic E-state index is 12.6. The highest BCUT2D eigenvalue weighted by atomic mass is 16.3. The molecule has 1 aromatic rings. The molecular weight excluding hydrogens is 316 g/mol. The fourth-order valence-corrected chi connectivity index (χ4v) is 2.68. The molecule has 0 spiro atoms. The Morgan fingerprint density at radius 1 is 1.16 bits per heavy atom. The molecule has 140 valence electrons.